The van der Waals surface area contributed by atoms with Crippen LogP contribution in [0, 0.1) is 5.92 Å². The molecule has 1 amide bonds. The summed E-state index contributed by atoms with van der Waals surface area (Å²) in [6.07, 6.45) is -0.735. The van der Waals surface area contributed by atoms with E-state index in [1.165, 1.54) is 6.92 Å². The van der Waals surface area contributed by atoms with Crippen LogP contribution in [0.5, 0.6) is 5.75 Å². The van der Waals surface area contributed by atoms with Crippen LogP contribution in [0.3, 0.4) is 0 Å². The van der Waals surface area contributed by atoms with Gasteiger partial charge in [-0.25, -0.2) is 0 Å². The standard InChI is InChI=1S/C17H25NO4/c1-10(2)13-8-6-7-9-14(13)22-15(11(3)4)16(19)18-12(5)17(20)21/h6-12,15H,1-5H3,(H,18,19)(H,20,21). The topological polar surface area (TPSA) is 75.6 Å². The number of amides is 1. The van der Waals surface area contributed by atoms with Crippen LogP contribution >= 0.6 is 0 Å². The summed E-state index contributed by atoms with van der Waals surface area (Å²) < 4.78 is 5.91. The summed E-state index contributed by atoms with van der Waals surface area (Å²) in [7, 11) is 0. The summed E-state index contributed by atoms with van der Waals surface area (Å²) in [6, 6.07) is 6.64. The molecule has 0 aliphatic heterocycles. The molecule has 0 radical (unpaired) electrons. The van der Waals surface area contributed by atoms with Gasteiger partial charge in [-0.15, -0.1) is 0 Å². The van der Waals surface area contributed by atoms with E-state index in [-0.39, 0.29) is 11.8 Å². The predicted molar refractivity (Wildman–Crippen MR) is 85.0 cm³/mol. The fourth-order valence-electron chi connectivity index (χ4n) is 2.05. The lowest BCUT2D eigenvalue weighted by Gasteiger charge is -2.25. The van der Waals surface area contributed by atoms with Crippen molar-refractivity contribution in [3.8, 4) is 5.75 Å². The highest BCUT2D eigenvalue weighted by atomic mass is 16.5. The molecule has 122 valence electrons. The number of benzene rings is 1. The highest BCUT2D eigenvalue weighted by Crippen LogP contribution is 2.27. The maximum Gasteiger partial charge on any atom is 0.325 e. The molecule has 0 aliphatic carbocycles. The van der Waals surface area contributed by atoms with Gasteiger partial charge < -0.3 is 15.2 Å². The Hall–Kier alpha value is -2.04. The van der Waals surface area contributed by atoms with Crippen LogP contribution in [0.2, 0.25) is 0 Å². The average Bonchev–Trinajstić information content (AvgIpc) is 2.44. The maximum absolute atomic E-state index is 12.3. The molecule has 0 saturated carbocycles. The lowest BCUT2D eigenvalue weighted by molar-refractivity contribution is -0.143. The normalized spacial score (nSPS) is 13.8. The van der Waals surface area contributed by atoms with Crippen molar-refractivity contribution >= 4 is 11.9 Å². The number of carboxylic acids is 1. The van der Waals surface area contributed by atoms with Crippen LogP contribution in [0.15, 0.2) is 24.3 Å². The molecule has 0 heterocycles. The van der Waals surface area contributed by atoms with E-state index in [2.05, 4.69) is 19.2 Å². The lowest BCUT2D eigenvalue weighted by Crippen LogP contribution is -2.47. The molecule has 2 unspecified atom stereocenters. The third-order valence-corrected chi connectivity index (χ3v) is 3.39. The Bertz CT molecular complexity index is 525. The molecular formula is C17H25NO4. The molecule has 1 aromatic carbocycles. The Labute approximate surface area is 131 Å². The van der Waals surface area contributed by atoms with Gasteiger partial charge in [-0.3, -0.25) is 9.59 Å². The third kappa shape index (κ3) is 4.76. The van der Waals surface area contributed by atoms with Crippen LogP contribution in [0.4, 0.5) is 0 Å². The van der Waals surface area contributed by atoms with Gasteiger partial charge in [-0.05, 0) is 30.4 Å². The molecule has 5 nitrogen and oxygen atoms in total. The van der Waals surface area contributed by atoms with Gasteiger partial charge in [-0.1, -0.05) is 45.9 Å². The largest absolute Gasteiger partial charge is 0.480 e. The number of hydrogen-bond acceptors (Lipinski definition) is 3. The van der Waals surface area contributed by atoms with Crippen molar-refractivity contribution in [1.82, 2.24) is 5.32 Å². The molecule has 1 aromatic rings. The van der Waals surface area contributed by atoms with Gasteiger partial charge in [0.15, 0.2) is 6.10 Å². The van der Waals surface area contributed by atoms with Crippen LogP contribution in [0.25, 0.3) is 0 Å². The summed E-state index contributed by atoms with van der Waals surface area (Å²) in [5.41, 5.74) is 1.02. The predicted octanol–water partition coefficient (Wildman–Crippen LogP) is 2.80. The van der Waals surface area contributed by atoms with Crippen LogP contribution in [-0.2, 0) is 9.59 Å². The van der Waals surface area contributed by atoms with E-state index < -0.39 is 24.0 Å². The molecule has 2 N–H and O–H groups in total. The number of rotatable bonds is 7. The second kappa shape index (κ2) is 7.82. The SMILES string of the molecule is CC(NC(=O)C(Oc1ccccc1C(C)C)C(C)C)C(=O)O. The van der Waals surface area contributed by atoms with E-state index in [1.54, 1.807) is 0 Å². The maximum atomic E-state index is 12.3. The minimum absolute atomic E-state index is 0.0822. The number of hydrogen-bond donors (Lipinski definition) is 2. The van der Waals surface area contributed by atoms with Gasteiger partial charge in [-0.2, -0.15) is 0 Å². The van der Waals surface area contributed by atoms with Crippen molar-refractivity contribution in [2.45, 2.75) is 52.7 Å². The Balaban J connectivity index is 2.94. The van der Waals surface area contributed by atoms with E-state index >= 15 is 0 Å². The minimum Gasteiger partial charge on any atom is -0.480 e. The first kappa shape index (κ1) is 18.0. The zero-order valence-electron chi connectivity index (χ0n) is 13.8. The zero-order valence-corrected chi connectivity index (χ0v) is 13.8. The minimum atomic E-state index is -1.07. The monoisotopic (exact) mass is 307 g/mol. The van der Waals surface area contributed by atoms with Gasteiger partial charge in [0.05, 0.1) is 0 Å². The Morgan fingerprint density at radius 2 is 1.68 bits per heavy atom. The number of nitrogens with one attached hydrogen (secondary N) is 1. The number of aliphatic carboxylic acids is 1. The average molecular weight is 307 g/mol. The summed E-state index contributed by atoms with van der Waals surface area (Å²) in [4.78, 5) is 23.2. The Morgan fingerprint density at radius 1 is 1.09 bits per heavy atom. The summed E-state index contributed by atoms with van der Waals surface area (Å²) in [6.45, 7) is 9.28. The quantitative estimate of drug-likeness (QED) is 0.812. The van der Waals surface area contributed by atoms with Crippen LogP contribution < -0.4 is 10.1 Å². The van der Waals surface area contributed by atoms with E-state index in [0.717, 1.165) is 5.56 Å². The molecule has 22 heavy (non-hydrogen) atoms. The highest BCUT2D eigenvalue weighted by Gasteiger charge is 2.27. The first-order chi connectivity index (χ1) is 10.2. The number of carbonyl (C=O) groups excluding carboxylic acids is 1. The van der Waals surface area contributed by atoms with Crippen molar-refractivity contribution in [1.29, 1.82) is 0 Å². The molecule has 1 rings (SSSR count). The number of carbonyl (C=O) groups is 2. The molecule has 0 spiro atoms. The van der Waals surface area contributed by atoms with Crippen molar-refractivity contribution in [3.05, 3.63) is 29.8 Å². The van der Waals surface area contributed by atoms with Crippen molar-refractivity contribution in [2.75, 3.05) is 0 Å². The van der Waals surface area contributed by atoms with Gasteiger partial charge in [0, 0.05) is 0 Å². The van der Waals surface area contributed by atoms with E-state index in [4.69, 9.17) is 9.84 Å². The molecule has 0 fully saturated rings. The van der Waals surface area contributed by atoms with E-state index in [1.807, 2.05) is 38.1 Å². The van der Waals surface area contributed by atoms with Crippen molar-refractivity contribution in [2.24, 2.45) is 5.92 Å². The first-order valence-corrected chi connectivity index (χ1v) is 7.52. The number of carboxylic acid groups (broad SMARTS) is 1. The van der Waals surface area contributed by atoms with Crippen LogP contribution in [-0.4, -0.2) is 29.1 Å². The van der Waals surface area contributed by atoms with Gasteiger partial charge >= 0.3 is 5.97 Å². The molecule has 0 saturated heterocycles. The summed E-state index contributed by atoms with van der Waals surface area (Å²) in [5.74, 6) is -0.637. The first-order valence-electron chi connectivity index (χ1n) is 7.52. The van der Waals surface area contributed by atoms with E-state index in [0.29, 0.717) is 5.75 Å². The second-order valence-corrected chi connectivity index (χ2v) is 6.04. The fraction of sp³-hybridized carbons (Fsp3) is 0.529. The fourth-order valence-corrected chi connectivity index (χ4v) is 2.05. The third-order valence-electron chi connectivity index (χ3n) is 3.39. The van der Waals surface area contributed by atoms with Gasteiger partial charge in [0.25, 0.3) is 5.91 Å². The lowest BCUT2D eigenvalue weighted by atomic mass is 10.0. The smallest absolute Gasteiger partial charge is 0.325 e. The Kier molecular flexibility index (Phi) is 6.40. The summed E-state index contributed by atoms with van der Waals surface area (Å²) >= 11 is 0. The second-order valence-electron chi connectivity index (χ2n) is 6.04. The van der Waals surface area contributed by atoms with Crippen molar-refractivity contribution in [3.63, 3.8) is 0 Å². The summed E-state index contributed by atoms with van der Waals surface area (Å²) in [5, 5.41) is 11.4. The number of ether oxygens (including phenoxy) is 1. The van der Waals surface area contributed by atoms with Crippen LogP contribution in [0.1, 0.15) is 46.1 Å². The molecule has 0 aliphatic rings. The Morgan fingerprint density at radius 3 is 2.18 bits per heavy atom. The highest BCUT2D eigenvalue weighted by molar-refractivity contribution is 5.86. The molecule has 5 heteroatoms. The molecule has 2 atom stereocenters. The molecule has 0 bridgehead atoms. The van der Waals surface area contributed by atoms with Crippen molar-refractivity contribution < 1.29 is 19.4 Å². The number of para-hydroxylation sites is 1. The van der Waals surface area contributed by atoms with E-state index in [9.17, 15) is 9.59 Å². The van der Waals surface area contributed by atoms with Gasteiger partial charge in [0.1, 0.15) is 11.8 Å². The molecular weight excluding hydrogens is 282 g/mol. The van der Waals surface area contributed by atoms with Gasteiger partial charge in [0.2, 0.25) is 0 Å². The molecule has 0 aromatic heterocycles. The zero-order chi connectivity index (χ0) is 16.9.